The minimum absolute atomic E-state index is 0.666. The van der Waals surface area contributed by atoms with Crippen molar-refractivity contribution in [3.05, 3.63) is 194 Å². The number of hydrogen-bond acceptors (Lipinski definition) is 3. The summed E-state index contributed by atoms with van der Waals surface area (Å²) in [5.74, 6) is 0.666. The number of hydrogen-bond donors (Lipinski definition) is 0. The first-order valence-electron chi connectivity index (χ1n) is 20.0. The van der Waals surface area contributed by atoms with E-state index < -0.39 is 0 Å². The van der Waals surface area contributed by atoms with Gasteiger partial charge in [0, 0.05) is 53.7 Å². The average Bonchev–Trinajstić information content (AvgIpc) is 3.97. The molecule has 0 saturated carbocycles. The molecule has 0 unspecified atom stereocenters. The summed E-state index contributed by atoms with van der Waals surface area (Å²) < 4.78 is 7.19. The number of para-hydroxylation sites is 3. The summed E-state index contributed by atoms with van der Waals surface area (Å²) in [4.78, 5) is 11.0. The number of benzene rings is 9. The topological polar surface area (TPSA) is 35.6 Å². The average molecular weight is 769 g/mol. The van der Waals surface area contributed by atoms with Gasteiger partial charge in [-0.15, -0.1) is 11.3 Å². The van der Waals surface area contributed by atoms with Crippen molar-refractivity contribution >= 4 is 96.8 Å². The second-order valence-corrected chi connectivity index (χ2v) is 16.4. The van der Waals surface area contributed by atoms with Crippen LogP contribution in [0.15, 0.2) is 194 Å². The van der Waals surface area contributed by atoms with Gasteiger partial charge in [0.05, 0.1) is 38.0 Å². The first-order chi connectivity index (χ1) is 29.3. The quantitative estimate of drug-likeness (QED) is 0.167. The molecule has 0 fully saturated rings. The van der Waals surface area contributed by atoms with Crippen molar-refractivity contribution in [2.75, 3.05) is 0 Å². The first-order valence-corrected chi connectivity index (χ1v) is 20.8. The minimum atomic E-state index is 0.666. The second-order valence-electron chi connectivity index (χ2n) is 15.3. The van der Waals surface area contributed by atoms with Crippen molar-refractivity contribution in [3.63, 3.8) is 0 Å². The molecule has 0 aliphatic rings. The Kier molecular flexibility index (Phi) is 6.85. The molecule has 0 amide bonds. The summed E-state index contributed by atoms with van der Waals surface area (Å²) in [5.41, 5.74) is 11.1. The summed E-state index contributed by atoms with van der Waals surface area (Å²) in [6.07, 6.45) is 0. The summed E-state index contributed by atoms with van der Waals surface area (Å²) in [6, 6.07) is 69.9. The molecule has 0 spiro atoms. The molecule has 59 heavy (non-hydrogen) atoms. The van der Waals surface area contributed by atoms with Crippen molar-refractivity contribution in [1.29, 1.82) is 0 Å². The van der Waals surface area contributed by atoms with Crippen LogP contribution in [-0.4, -0.2) is 19.1 Å². The minimum Gasteiger partial charge on any atom is -0.309 e. The Labute approximate surface area is 342 Å². The summed E-state index contributed by atoms with van der Waals surface area (Å²) >= 11 is 1.86. The van der Waals surface area contributed by atoms with Gasteiger partial charge in [-0.1, -0.05) is 140 Å². The van der Waals surface area contributed by atoms with E-state index >= 15 is 0 Å². The van der Waals surface area contributed by atoms with E-state index in [1.54, 1.807) is 0 Å². The standard InChI is InChI=1S/C54H32N4S/c1-3-16-34(17-4-1)51-50-37-20-8-7-15-33(37)27-29-44(50)55-54(56-51)58-46-25-13-10-22-39(46)43-32-41(49-40-23-11-14-26-48(40)59-53(49)52(43)58)35-28-30-47-42(31-35)38-21-9-12-24-45(38)57(47)36-18-5-2-6-19-36/h1-32H. The van der Waals surface area contributed by atoms with Crippen LogP contribution in [0.25, 0.3) is 119 Å². The van der Waals surface area contributed by atoms with Gasteiger partial charge in [0.2, 0.25) is 5.95 Å². The monoisotopic (exact) mass is 768 g/mol. The van der Waals surface area contributed by atoms with Gasteiger partial charge < -0.3 is 4.57 Å². The molecule has 4 nitrogen and oxygen atoms in total. The molecular weight excluding hydrogens is 737 g/mol. The molecule has 0 radical (unpaired) electrons. The largest absolute Gasteiger partial charge is 0.309 e. The van der Waals surface area contributed by atoms with Crippen LogP contribution in [-0.2, 0) is 0 Å². The molecular formula is C54H32N4S. The highest BCUT2D eigenvalue weighted by Gasteiger charge is 2.24. The fourth-order valence-corrected chi connectivity index (χ4v) is 10.8. The highest BCUT2D eigenvalue weighted by atomic mass is 32.1. The van der Waals surface area contributed by atoms with Crippen molar-refractivity contribution in [1.82, 2.24) is 19.1 Å². The molecule has 0 aliphatic carbocycles. The van der Waals surface area contributed by atoms with Crippen molar-refractivity contribution < 1.29 is 0 Å². The molecule has 4 heterocycles. The van der Waals surface area contributed by atoms with E-state index in [-0.39, 0.29) is 0 Å². The van der Waals surface area contributed by atoms with Crippen molar-refractivity contribution in [2.45, 2.75) is 0 Å². The predicted octanol–water partition coefficient (Wildman–Crippen LogP) is 14.7. The Morgan fingerprint density at radius 1 is 0.407 bits per heavy atom. The Morgan fingerprint density at radius 2 is 1.05 bits per heavy atom. The van der Waals surface area contributed by atoms with Gasteiger partial charge >= 0.3 is 0 Å². The zero-order valence-electron chi connectivity index (χ0n) is 31.7. The van der Waals surface area contributed by atoms with Crippen LogP contribution in [0.4, 0.5) is 0 Å². The van der Waals surface area contributed by atoms with Gasteiger partial charge in [0.15, 0.2) is 0 Å². The van der Waals surface area contributed by atoms with Crippen LogP contribution < -0.4 is 0 Å². The Bertz CT molecular complexity index is 3840. The SMILES string of the molecule is c1ccc(-c2nc(-n3c4ccccc4c4cc(-c5ccc6c(c5)c5ccccc5n6-c5ccccc5)c5c6ccccc6sc5c43)nc3ccc4ccccc4c23)cc1. The number of rotatable bonds is 4. The van der Waals surface area contributed by atoms with Crippen LogP contribution in [0.5, 0.6) is 0 Å². The third kappa shape index (κ3) is 4.71. The second kappa shape index (κ2) is 12.4. The maximum atomic E-state index is 5.55. The lowest BCUT2D eigenvalue weighted by molar-refractivity contribution is 1.02. The van der Waals surface area contributed by atoms with E-state index in [2.05, 4.69) is 203 Å². The maximum Gasteiger partial charge on any atom is 0.235 e. The van der Waals surface area contributed by atoms with Gasteiger partial charge in [0.25, 0.3) is 0 Å². The lowest BCUT2D eigenvalue weighted by Gasteiger charge is -2.14. The zero-order chi connectivity index (χ0) is 38.6. The Morgan fingerprint density at radius 3 is 1.86 bits per heavy atom. The van der Waals surface area contributed by atoms with Crippen molar-refractivity contribution in [2.24, 2.45) is 0 Å². The lowest BCUT2D eigenvalue weighted by atomic mass is 9.95. The summed E-state index contributed by atoms with van der Waals surface area (Å²) in [6.45, 7) is 0. The molecule has 9 aromatic carbocycles. The van der Waals surface area contributed by atoms with Crippen molar-refractivity contribution in [3.8, 4) is 34.0 Å². The molecule has 0 atom stereocenters. The van der Waals surface area contributed by atoms with Crippen LogP contribution in [0.2, 0.25) is 0 Å². The molecule has 13 rings (SSSR count). The number of fused-ring (bicyclic) bond motifs is 13. The molecule has 0 bridgehead atoms. The first kappa shape index (κ1) is 32.5. The van der Waals surface area contributed by atoms with Gasteiger partial charge in [-0.05, 0) is 76.5 Å². The third-order valence-corrected chi connectivity index (χ3v) is 13.3. The smallest absolute Gasteiger partial charge is 0.235 e. The van der Waals surface area contributed by atoms with Crippen LogP contribution in [0.1, 0.15) is 0 Å². The number of aromatic nitrogens is 4. The van der Waals surface area contributed by atoms with Gasteiger partial charge in [-0.25, -0.2) is 9.97 Å². The van der Waals surface area contributed by atoms with Gasteiger partial charge in [0.1, 0.15) is 0 Å². The maximum absolute atomic E-state index is 5.55. The summed E-state index contributed by atoms with van der Waals surface area (Å²) in [5, 5.41) is 10.7. The van der Waals surface area contributed by atoms with E-state index in [1.807, 2.05) is 11.3 Å². The Balaban J connectivity index is 1.14. The highest BCUT2D eigenvalue weighted by Crippen LogP contribution is 2.48. The molecule has 4 aromatic heterocycles. The Hall–Kier alpha value is -7.60. The fraction of sp³-hybridized carbons (Fsp3) is 0. The van der Waals surface area contributed by atoms with Crippen LogP contribution in [0, 0.1) is 0 Å². The van der Waals surface area contributed by atoms with E-state index in [4.69, 9.17) is 9.97 Å². The lowest BCUT2D eigenvalue weighted by Crippen LogP contribution is -2.04. The van der Waals surface area contributed by atoms with Gasteiger partial charge in [-0.2, -0.15) is 0 Å². The molecule has 0 aliphatic heterocycles. The fourth-order valence-electron chi connectivity index (χ4n) is 9.56. The van der Waals surface area contributed by atoms with E-state index in [1.165, 1.54) is 69.3 Å². The predicted molar refractivity (Wildman–Crippen MR) is 249 cm³/mol. The molecule has 274 valence electrons. The van der Waals surface area contributed by atoms with Crippen LogP contribution >= 0.6 is 11.3 Å². The number of thiophene rings is 1. The molecule has 0 N–H and O–H groups in total. The summed E-state index contributed by atoms with van der Waals surface area (Å²) in [7, 11) is 0. The zero-order valence-corrected chi connectivity index (χ0v) is 32.5. The molecule has 0 saturated heterocycles. The van der Waals surface area contributed by atoms with E-state index in [0.717, 1.165) is 44.3 Å². The normalized spacial score (nSPS) is 12.1. The van der Waals surface area contributed by atoms with Crippen LogP contribution in [0.3, 0.4) is 0 Å². The molecule has 13 aromatic rings. The van der Waals surface area contributed by atoms with E-state index in [0.29, 0.717) is 5.95 Å². The highest BCUT2D eigenvalue weighted by molar-refractivity contribution is 7.26. The molecule has 5 heteroatoms. The number of nitrogens with zero attached hydrogens (tertiary/aromatic N) is 4. The van der Waals surface area contributed by atoms with E-state index in [9.17, 15) is 0 Å². The third-order valence-electron chi connectivity index (χ3n) is 12.1. The van der Waals surface area contributed by atoms with Gasteiger partial charge in [-0.3, -0.25) is 4.57 Å².